The van der Waals surface area contributed by atoms with E-state index in [0.29, 0.717) is 12.2 Å². The van der Waals surface area contributed by atoms with Gasteiger partial charge in [-0.1, -0.05) is 30.3 Å². The van der Waals surface area contributed by atoms with Gasteiger partial charge in [0.15, 0.2) is 0 Å². The Morgan fingerprint density at radius 3 is 2.22 bits per heavy atom. The van der Waals surface area contributed by atoms with Gasteiger partial charge in [-0.3, -0.25) is 0 Å². The molecular weight excluding hydrogens is 305 g/mol. The van der Waals surface area contributed by atoms with E-state index >= 15 is 0 Å². The van der Waals surface area contributed by atoms with Crippen LogP contribution >= 0.6 is 0 Å². The number of aryl methyl sites for hydroxylation is 1. The zero-order chi connectivity index (χ0) is 16.7. The lowest BCUT2D eigenvalue weighted by atomic mass is 10.1. The Hall–Kier alpha value is -2.50. The van der Waals surface area contributed by atoms with Gasteiger partial charge in [-0.25, -0.2) is 4.79 Å². The van der Waals surface area contributed by atoms with Crippen LogP contribution in [0.4, 0.5) is 23.7 Å². The van der Waals surface area contributed by atoms with E-state index in [1.165, 1.54) is 17.7 Å². The van der Waals surface area contributed by atoms with Gasteiger partial charge in [0, 0.05) is 12.2 Å². The van der Waals surface area contributed by atoms with Crippen LogP contribution in [0.1, 0.15) is 17.5 Å². The Bertz CT molecular complexity index is 625. The quantitative estimate of drug-likeness (QED) is 0.784. The predicted octanol–water partition coefficient (Wildman–Crippen LogP) is 4.46. The number of urea groups is 1. The molecule has 3 nitrogen and oxygen atoms in total. The van der Waals surface area contributed by atoms with Crippen molar-refractivity contribution in [2.75, 3.05) is 11.9 Å². The number of halogens is 3. The third-order valence-electron chi connectivity index (χ3n) is 3.24. The molecule has 0 aromatic heterocycles. The maximum Gasteiger partial charge on any atom is 0.416 e. The molecule has 0 aliphatic carbocycles. The topological polar surface area (TPSA) is 41.1 Å². The summed E-state index contributed by atoms with van der Waals surface area (Å²) >= 11 is 0. The minimum atomic E-state index is -4.38. The van der Waals surface area contributed by atoms with Crippen LogP contribution in [0, 0.1) is 0 Å². The van der Waals surface area contributed by atoms with Crippen LogP contribution in [-0.4, -0.2) is 12.6 Å². The van der Waals surface area contributed by atoms with Crippen LogP contribution in [0.3, 0.4) is 0 Å². The summed E-state index contributed by atoms with van der Waals surface area (Å²) in [5.74, 6) is 0. The van der Waals surface area contributed by atoms with Crippen LogP contribution < -0.4 is 10.6 Å². The number of amides is 2. The molecule has 0 aliphatic heterocycles. The monoisotopic (exact) mass is 322 g/mol. The predicted molar refractivity (Wildman–Crippen MR) is 83.2 cm³/mol. The summed E-state index contributed by atoms with van der Waals surface area (Å²) in [5, 5.41) is 5.18. The van der Waals surface area contributed by atoms with Gasteiger partial charge in [0.2, 0.25) is 0 Å². The Morgan fingerprint density at radius 1 is 0.957 bits per heavy atom. The molecular formula is C17H17F3N2O. The highest BCUT2D eigenvalue weighted by Crippen LogP contribution is 2.29. The first kappa shape index (κ1) is 16.9. The lowest BCUT2D eigenvalue weighted by Crippen LogP contribution is -2.29. The fourth-order valence-corrected chi connectivity index (χ4v) is 2.06. The molecule has 0 unspecified atom stereocenters. The summed E-state index contributed by atoms with van der Waals surface area (Å²) in [7, 11) is 0. The van der Waals surface area contributed by atoms with Crippen molar-refractivity contribution in [1.82, 2.24) is 5.32 Å². The molecule has 0 aliphatic rings. The molecule has 2 aromatic carbocycles. The second-order valence-electron chi connectivity index (χ2n) is 5.05. The van der Waals surface area contributed by atoms with E-state index in [1.54, 1.807) is 0 Å². The fourth-order valence-electron chi connectivity index (χ4n) is 2.06. The molecule has 2 aromatic rings. The van der Waals surface area contributed by atoms with Crippen molar-refractivity contribution in [2.24, 2.45) is 0 Å². The maximum atomic E-state index is 12.4. The SMILES string of the molecule is O=C(NCCCc1ccccc1)Nc1ccc(C(F)(F)F)cc1. The van der Waals surface area contributed by atoms with Crippen LogP contribution in [0.5, 0.6) is 0 Å². The number of nitrogens with one attached hydrogen (secondary N) is 2. The minimum absolute atomic E-state index is 0.318. The largest absolute Gasteiger partial charge is 0.416 e. The first-order valence-corrected chi connectivity index (χ1v) is 7.21. The van der Waals surface area contributed by atoms with Gasteiger partial charge in [0.25, 0.3) is 0 Å². The number of rotatable bonds is 5. The third kappa shape index (κ3) is 5.65. The van der Waals surface area contributed by atoms with Gasteiger partial charge >= 0.3 is 12.2 Å². The molecule has 2 N–H and O–H groups in total. The van der Waals surface area contributed by atoms with Crippen molar-refractivity contribution in [1.29, 1.82) is 0 Å². The van der Waals surface area contributed by atoms with Crippen LogP contribution in [-0.2, 0) is 12.6 Å². The molecule has 6 heteroatoms. The van der Waals surface area contributed by atoms with E-state index < -0.39 is 17.8 Å². The maximum absolute atomic E-state index is 12.4. The summed E-state index contributed by atoms with van der Waals surface area (Å²) in [5.41, 5.74) is 0.766. The molecule has 0 saturated carbocycles. The van der Waals surface area contributed by atoms with Crippen LogP contribution in [0.25, 0.3) is 0 Å². The van der Waals surface area contributed by atoms with E-state index in [2.05, 4.69) is 10.6 Å². The van der Waals surface area contributed by atoms with Gasteiger partial charge < -0.3 is 10.6 Å². The Morgan fingerprint density at radius 2 is 1.61 bits per heavy atom. The number of benzene rings is 2. The summed E-state index contributed by atoms with van der Waals surface area (Å²) < 4.78 is 37.3. The van der Waals surface area contributed by atoms with Gasteiger partial charge in [-0.15, -0.1) is 0 Å². The van der Waals surface area contributed by atoms with E-state index in [-0.39, 0.29) is 0 Å². The molecule has 2 amide bonds. The standard InChI is InChI=1S/C17H17F3N2O/c18-17(19,20)14-8-10-15(11-9-14)22-16(23)21-12-4-7-13-5-2-1-3-6-13/h1-3,5-6,8-11H,4,7,12H2,(H2,21,22,23). The van der Waals surface area contributed by atoms with Crippen LogP contribution in [0.15, 0.2) is 54.6 Å². The lowest BCUT2D eigenvalue weighted by molar-refractivity contribution is -0.137. The molecule has 2 rings (SSSR count). The van der Waals surface area contributed by atoms with Crippen molar-refractivity contribution in [3.8, 4) is 0 Å². The lowest BCUT2D eigenvalue weighted by Gasteiger charge is -2.10. The first-order valence-electron chi connectivity index (χ1n) is 7.21. The van der Waals surface area contributed by atoms with E-state index in [0.717, 1.165) is 25.0 Å². The molecule has 0 atom stereocenters. The summed E-state index contributed by atoms with van der Waals surface area (Å²) in [6.45, 7) is 0.487. The average Bonchev–Trinajstić information content (AvgIpc) is 2.52. The van der Waals surface area contributed by atoms with Crippen molar-refractivity contribution in [3.63, 3.8) is 0 Å². The van der Waals surface area contributed by atoms with Gasteiger partial charge in [0.1, 0.15) is 0 Å². The zero-order valence-electron chi connectivity index (χ0n) is 12.4. The van der Waals surface area contributed by atoms with E-state index in [9.17, 15) is 18.0 Å². The number of carbonyl (C=O) groups excluding carboxylic acids is 1. The van der Waals surface area contributed by atoms with Crippen LogP contribution in [0.2, 0.25) is 0 Å². The van der Waals surface area contributed by atoms with Crippen molar-refractivity contribution >= 4 is 11.7 Å². The smallest absolute Gasteiger partial charge is 0.338 e. The molecule has 0 radical (unpaired) electrons. The Labute approximate surface area is 132 Å². The molecule has 0 heterocycles. The van der Waals surface area contributed by atoms with Crippen molar-refractivity contribution in [3.05, 3.63) is 65.7 Å². The summed E-state index contributed by atoms with van der Waals surface area (Å²) in [4.78, 5) is 11.7. The number of anilines is 1. The van der Waals surface area contributed by atoms with Crippen molar-refractivity contribution in [2.45, 2.75) is 19.0 Å². The highest BCUT2D eigenvalue weighted by molar-refractivity contribution is 5.89. The second kappa shape index (κ2) is 7.67. The van der Waals surface area contributed by atoms with E-state index in [1.807, 2.05) is 30.3 Å². The van der Waals surface area contributed by atoms with Gasteiger partial charge in [-0.05, 0) is 42.7 Å². The number of alkyl halides is 3. The number of hydrogen-bond donors (Lipinski definition) is 2. The third-order valence-corrected chi connectivity index (χ3v) is 3.24. The Kier molecular flexibility index (Phi) is 5.62. The molecule has 0 fully saturated rings. The second-order valence-corrected chi connectivity index (χ2v) is 5.05. The normalized spacial score (nSPS) is 11.1. The molecule has 0 spiro atoms. The summed E-state index contributed by atoms with van der Waals surface area (Å²) in [6.07, 6.45) is -2.75. The Balaban J connectivity index is 1.72. The van der Waals surface area contributed by atoms with Gasteiger partial charge in [0.05, 0.1) is 5.56 Å². The average molecular weight is 322 g/mol. The number of hydrogen-bond acceptors (Lipinski definition) is 1. The highest BCUT2D eigenvalue weighted by atomic mass is 19.4. The molecule has 23 heavy (non-hydrogen) atoms. The minimum Gasteiger partial charge on any atom is -0.338 e. The zero-order valence-corrected chi connectivity index (χ0v) is 12.4. The molecule has 0 saturated heterocycles. The molecule has 0 bridgehead atoms. The van der Waals surface area contributed by atoms with Crippen molar-refractivity contribution < 1.29 is 18.0 Å². The van der Waals surface area contributed by atoms with Gasteiger partial charge in [-0.2, -0.15) is 13.2 Å². The highest BCUT2D eigenvalue weighted by Gasteiger charge is 2.29. The molecule has 122 valence electrons. The first-order chi connectivity index (χ1) is 10.9. The summed E-state index contributed by atoms with van der Waals surface area (Å²) in [6, 6.07) is 13.8. The number of carbonyl (C=O) groups is 1. The van der Waals surface area contributed by atoms with E-state index in [4.69, 9.17) is 0 Å². The fraction of sp³-hybridized carbons (Fsp3) is 0.235.